The van der Waals surface area contributed by atoms with Crippen LogP contribution in [0.4, 0.5) is 10.3 Å². The third-order valence-corrected chi connectivity index (χ3v) is 5.06. The van der Waals surface area contributed by atoms with Gasteiger partial charge in [-0.15, -0.1) is 0 Å². The highest BCUT2D eigenvalue weighted by molar-refractivity contribution is 6.30. The summed E-state index contributed by atoms with van der Waals surface area (Å²) in [6.07, 6.45) is 2.14. The van der Waals surface area contributed by atoms with Gasteiger partial charge in [-0.2, -0.15) is 0 Å². The van der Waals surface area contributed by atoms with Gasteiger partial charge in [0.2, 0.25) is 5.95 Å². The minimum absolute atomic E-state index is 0.0500. The molecule has 3 nitrogen and oxygen atoms in total. The van der Waals surface area contributed by atoms with Gasteiger partial charge in [-0.05, 0) is 65.7 Å². The predicted octanol–water partition coefficient (Wildman–Crippen LogP) is 5.88. The molecule has 0 fully saturated rings. The van der Waals surface area contributed by atoms with Gasteiger partial charge in [-0.3, -0.25) is 4.57 Å². The first kappa shape index (κ1) is 16.1. The number of nitrogens with one attached hydrogen (secondary N) is 1. The number of rotatable bonds is 2. The standard InChI is InChI=1S/C22H15ClFN3/c23-16-9-5-15(6-10-16)21-13-19(14-7-11-17(24)12-8-14)26-22-25-18-3-1-2-4-20(18)27(21)22/h1-13,21H,(H,25,26). The first-order chi connectivity index (χ1) is 13.2. The van der Waals surface area contributed by atoms with Gasteiger partial charge < -0.3 is 5.32 Å². The van der Waals surface area contributed by atoms with Crippen molar-refractivity contribution in [1.29, 1.82) is 0 Å². The highest BCUT2D eigenvalue weighted by Gasteiger charge is 2.25. The molecule has 1 aliphatic rings. The van der Waals surface area contributed by atoms with Crippen molar-refractivity contribution >= 4 is 34.3 Å². The number of nitrogens with zero attached hydrogens (tertiary/aromatic N) is 2. The first-order valence-electron chi connectivity index (χ1n) is 8.66. The minimum atomic E-state index is -0.253. The molecule has 0 radical (unpaired) electrons. The Morgan fingerprint density at radius 1 is 0.926 bits per heavy atom. The number of halogens is 2. The van der Waals surface area contributed by atoms with Crippen molar-refractivity contribution in [3.63, 3.8) is 0 Å². The molecule has 1 N–H and O–H groups in total. The van der Waals surface area contributed by atoms with Crippen LogP contribution in [-0.2, 0) is 0 Å². The second kappa shape index (κ2) is 6.25. The molecule has 1 unspecified atom stereocenters. The van der Waals surface area contributed by atoms with Crippen molar-refractivity contribution in [1.82, 2.24) is 9.55 Å². The van der Waals surface area contributed by atoms with Crippen molar-refractivity contribution < 1.29 is 4.39 Å². The van der Waals surface area contributed by atoms with E-state index >= 15 is 0 Å². The molecular formula is C22H15ClFN3. The molecule has 0 amide bonds. The van der Waals surface area contributed by atoms with Gasteiger partial charge in [0.05, 0.1) is 17.1 Å². The molecule has 1 aliphatic heterocycles. The van der Waals surface area contributed by atoms with Crippen LogP contribution in [0.5, 0.6) is 0 Å². The van der Waals surface area contributed by atoms with E-state index in [0.717, 1.165) is 33.8 Å². The van der Waals surface area contributed by atoms with Crippen LogP contribution >= 0.6 is 11.6 Å². The van der Waals surface area contributed by atoms with Crippen LogP contribution in [0.1, 0.15) is 17.2 Å². The number of imidazole rings is 1. The molecule has 3 aromatic carbocycles. The van der Waals surface area contributed by atoms with Crippen LogP contribution in [0.25, 0.3) is 16.7 Å². The molecule has 0 bridgehead atoms. The van der Waals surface area contributed by atoms with Gasteiger partial charge in [-0.1, -0.05) is 35.9 Å². The molecule has 5 heteroatoms. The fourth-order valence-corrected chi connectivity index (χ4v) is 3.64. The van der Waals surface area contributed by atoms with E-state index in [1.165, 1.54) is 12.1 Å². The normalized spacial score (nSPS) is 15.9. The van der Waals surface area contributed by atoms with E-state index in [1.54, 1.807) is 12.1 Å². The summed E-state index contributed by atoms with van der Waals surface area (Å²) in [5.41, 5.74) is 4.89. The Bertz CT molecular complexity index is 1160. The predicted molar refractivity (Wildman–Crippen MR) is 107 cm³/mol. The topological polar surface area (TPSA) is 29.9 Å². The highest BCUT2D eigenvalue weighted by Crippen LogP contribution is 2.37. The van der Waals surface area contributed by atoms with Gasteiger partial charge in [0.25, 0.3) is 0 Å². The number of fused-ring (bicyclic) bond motifs is 3. The van der Waals surface area contributed by atoms with Gasteiger partial charge in [0, 0.05) is 10.7 Å². The van der Waals surface area contributed by atoms with Crippen LogP contribution in [-0.4, -0.2) is 9.55 Å². The molecule has 132 valence electrons. The molecule has 1 aromatic heterocycles. The summed E-state index contributed by atoms with van der Waals surface area (Å²) in [5.74, 6) is 0.509. The van der Waals surface area contributed by atoms with Crippen molar-refractivity contribution in [2.75, 3.05) is 5.32 Å². The lowest BCUT2D eigenvalue weighted by atomic mass is 10.0. The number of para-hydroxylation sites is 2. The Morgan fingerprint density at radius 3 is 2.44 bits per heavy atom. The zero-order chi connectivity index (χ0) is 18.4. The van der Waals surface area contributed by atoms with E-state index in [1.807, 2.05) is 42.5 Å². The molecule has 0 spiro atoms. The van der Waals surface area contributed by atoms with E-state index in [9.17, 15) is 4.39 Å². The van der Waals surface area contributed by atoms with Gasteiger partial charge in [-0.25, -0.2) is 9.37 Å². The van der Waals surface area contributed by atoms with Crippen LogP contribution < -0.4 is 5.32 Å². The maximum atomic E-state index is 13.3. The van der Waals surface area contributed by atoms with E-state index in [-0.39, 0.29) is 11.9 Å². The Hall–Kier alpha value is -3.11. The molecule has 2 heterocycles. The summed E-state index contributed by atoms with van der Waals surface area (Å²) in [4.78, 5) is 4.75. The Kier molecular flexibility index (Phi) is 3.73. The fraction of sp³-hybridized carbons (Fsp3) is 0.0455. The summed E-state index contributed by atoms with van der Waals surface area (Å²) in [7, 11) is 0. The number of allylic oxidation sites excluding steroid dienone is 1. The Balaban J connectivity index is 1.71. The van der Waals surface area contributed by atoms with Crippen LogP contribution in [0.3, 0.4) is 0 Å². The molecular weight excluding hydrogens is 361 g/mol. The lowest BCUT2D eigenvalue weighted by Gasteiger charge is -2.26. The lowest BCUT2D eigenvalue weighted by molar-refractivity contribution is 0.627. The number of aromatic nitrogens is 2. The fourth-order valence-electron chi connectivity index (χ4n) is 3.51. The average Bonchev–Trinajstić information content (AvgIpc) is 3.07. The van der Waals surface area contributed by atoms with Crippen LogP contribution in [0, 0.1) is 5.82 Å². The van der Waals surface area contributed by atoms with E-state index in [4.69, 9.17) is 16.6 Å². The number of hydrogen-bond acceptors (Lipinski definition) is 2. The third kappa shape index (κ3) is 2.78. The molecule has 5 rings (SSSR count). The molecule has 0 saturated heterocycles. The third-order valence-electron chi connectivity index (χ3n) is 4.81. The summed E-state index contributed by atoms with van der Waals surface area (Å²) in [6.45, 7) is 0. The molecule has 4 aromatic rings. The zero-order valence-corrected chi connectivity index (χ0v) is 15.0. The lowest BCUT2D eigenvalue weighted by Crippen LogP contribution is -2.19. The SMILES string of the molecule is Fc1ccc(C2=CC(c3ccc(Cl)cc3)n3c(nc4ccccc43)N2)cc1. The zero-order valence-electron chi connectivity index (χ0n) is 14.2. The minimum Gasteiger partial charge on any atom is -0.325 e. The Morgan fingerprint density at radius 2 is 1.67 bits per heavy atom. The van der Waals surface area contributed by atoms with Gasteiger partial charge >= 0.3 is 0 Å². The molecule has 27 heavy (non-hydrogen) atoms. The van der Waals surface area contributed by atoms with E-state index in [2.05, 4.69) is 22.0 Å². The summed E-state index contributed by atoms with van der Waals surface area (Å²) in [6, 6.07) is 22.3. The van der Waals surface area contributed by atoms with E-state index in [0.29, 0.717) is 5.02 Å². The van der Waals surface area contributed by atoms with Crippen molar-refractivity contribution in [3.05, 3.63) is 101 Å². The number of anilines is 1. The summed E-state index contributed by atoms with van der Waals surface area (Å²) >= 11 is 6.08. The monoisotopic (exact) mass is 375 g/mol. The smallest absolute Gasteiger partial charge is 0.209 e. The summed E-state index contributed by atoms with van der Waals surface area (Å²) in [5, 5.41) is 4.10. The van der Waals surface area contributed by atoms with Crippen molar-refractivity contribution in [3.8, 4) is 0 Å². The number of benzene rings is 3. The largest absolute Gasteiger partial charge is 0.325 e. The van der Waals surface area contributed by atoms with Crippen molar-refractivity contribution in [2.45, 2.75) is 6.04 Å². The molecule has 0 saturated carbocycles. The molecule has 0 aliphatic carbocycles. The number of hydrogen-bond donors (Lipinski definition) is 1. The Labute approximate surface area is 160 Å². The van der Waals surface area contributed by atoms with E-state index < -0.39 is 0 Å². The maximum absolute atomic E-state index is 13.3. The second-order valence-electron chi connectivity index (χ2n) is 6.50. The second-order valence-corrected chi connectivity index (χ2v) is 6.94. The van der Waals surface area contributed by atoms with Crippen molar-refractivity contribution in [2.24, 2.45) is 0 Å². The van der Waals surface area contributed by atoms with Crippen LogP contribution in [0.15, 0.2) is 78.9 Å². The average molecular weight is 376 g/mol. The van der Waals surface area contributed by atoms with Gasteiger partial charge in [0.1, 0.15) is 5.82 Å². The van der Waals surface area contributed by atoms with Crippen LogP contribution in [0.2, 0.25) is 5.02 Å². The first-order valence-corrected chi connectivity index (χ1v) is 9.04. The molecule has 1 atom stereocenters. The highest BCUT2D eigenvalue weighted by atomic mass is 35.5. The quantitative estimate of drug-likeness (QED) is 0.473. The van der Waals surface area contributed by atoms with Gasteiger partial charge in [0.15, 0.2) is 0 Å². The maximum Gasteiger partial charge on any atom is 0.209 e. The summed E-state index contributed by atoms with van der Waals surface area (Å²) < 4.78 is 15.5.